The Balaban J connectivity index is 3.05. The summed E-state index contributed by atoms with van der Waals surface area (Å²) >= 11 is 11.5. The molecule has 0 unspecified atom stereocenters. The molecule has 0 amide bonds. The van der Waals surface area contributed by atoms with E-state index in [9.17, 15) is 13.6 Å². The van der Waals surface area contributed by atoms with Crippen molar-refractivity contribution in [1.29, 1.82) is 0 Å². The monoisotopic (exact) mass is 283 g/mol. The van der Waals surface area contributed by atoms with Crippen LogP contribution >= 0.6 is 23.2 Å². The number of carbonyl (C=O) groups excluding carboxylic acids is 1. The maximum Gasteiger partial charge on any atom is 0.310 e. The van der Waals surface area contributed by atoms with Gasteiger partial charge in [0.2, 0.25) is 0 Å². The molecule has 1 rings (SSSR count). The van der Waals surface area contributed by atoms with Crippen molar-refractivity contribution < 1.29 is 18.3 Å². The van der Waals surface area contributed by atoms with Crippen molar-refractivity contribution in [2.45, 2.75) is 19.8 Å². The third kappa shape index (κ3) is 3.51. The number of nitrogens with zero attached hydrogens (tertiary/aromatic N) is 1. The third-order valence-corrected chi connectivity index (χ3v) is 2.68. The molecule has 1 aromatic rings. The summed E-state index contributed by atoms with van der Waals surface area (Å²) in [5.41, 5.74) is -0.479. The van der Waals surface area contributed by atoms with Crippen molar-refractivity contribution >= 4 is 29.2 Å². The topological polar surface area (TPSA) is 39.2 Å². The molecule has 0 aromatic carbocycles. The van der Waals surface area contributed by atoms with Crippen LogP contribution in [0.15, 0.2) is 6.20 Å². The lowest BCUT2D eigenvalue weighted by Gasteiger charge is -2.09. The van der Waals surface area contributed by atoms with E-state index in [0.717, 1.165) is 6.20 Å². The number of carbonyl (C=O) groups is 1. The summed E-state index contributed by atoms with van der Waals surface area (Å²) in [7, 11) is 0. The highest BCUT2D eigenvalue weighted by atomic mass is 35.5. The number of hydrogen-bond donors (Lipinski definition) is 0. The van der Waals surface area contributed by atoms with Crippen LogP contribution in [0.1, 0.15) is 24.6 Å². The second kappa shape index (κ2) is 6.12. The lowest BCUT2D eigenvalue weighted by Crippen LogP contribution is -2.09. The fourth-order valence-corrected chi connectivity index (χ4v) is 1.75. The van der Waals surface area contributed by atoms with Gasteiger partial charge < -0.3 is 4.74 Å². The number of rotatable bonds is 4. The van der Waals surface area contributed by atoms with Crippen LogP contribution in [0.5, 0.6) is 0 Å². The van der Waals surface area contributed by atoms with Crippen LogP contribution in [0.2, 0.25) is 10.0 Å². The molecule has 0 saturated heterocycles. The van der Waals surface area contributed by atoms with Gasteiger partial charge in [0, 0.05) is 11.8 Å². The van der Waals surface area contributed by atoms with Gasteiger partial charge in [0.25, 0.3) is 6.43 Å². The van der Waals surface area contributed by atoms with Gasteiger partial charge in [0.1, 0.15) is 5.69 Å². The average molecular weight is 284 g/mol. The first-order chi connectivity index (χ1) is 7.97. The number of esters is 1. The molecule has 17 heavy (non-hydrogen) atoms. The zero-order chi connectivity index (χ0) is 13.0. The smallest absolute Gasteiger partial charge is 0.310 e. The van der Waals surface area contributed by atoms with Crippen molar-refractivity contribution in [2.75, 3.05) is 6.61 Å². The molecule has 0 radical (unpaired) electrons. The largest absolute Gasteiger partial charge is 0.466 e. The van der Waals surface area contributed by atoms with Crippen LogP contribution in [0.3, 0.4) is 0 Å². The first-order valence-electron chi connectivity index (χ1n) is 4.73. The van der Waals surface area contributed by atoms with Gasteiger partial charge in [-0.3, -0.25) is 9.78 Å². The van der Waals surface area contributed by atoms with Gasteiger partial charge >= 0.3 is 5.97 Å². The summed E-state index contributed by atoms with van der Waals surface area (Å²) in [5.74, 6) is -0.581. The molecule has 0 saturated carbocycles. The molecule has 1 aromatic heterocycles. The molecule has 0 bridgehead atoms. The summed E-state index contributed by atoms with van der Waals surface area (Å²) in [6, 6.07) is 0. The number of alkyl halides is 2. The molecule has 0 fully saturated rings. The van der Waals surface area contributed by atoms with E-state index in [1.165, 1.54) is 0 Å². The maximum absolute atomic E-state index is 12.5. The van der Waals surface area contributed by atoms with Gasteiger partial charge in [-0.05, 0) is 6.92 Å². The van der Waals surface area contributed by atoms with Crippen LogP contribution in [0.4, 0.5) is 8.78 Å². The Morgan fingerprint density at radius 2 is 2.18 bits per heavy atom. The zero-order valence-electron chi connectivity index (χ0n) is 8.84. The average Bonchev–Trinajstić information content (AvgIpc) is 2.24. The van der Waals surface area contributed by atoms with E-state index < -0.39 is 18.1 Å². The quantitative estimate of drug-likeness (QED) is 0.795. The van der Waals surface area contributed by atoms with E-state index in [1.54, 1.807) is 6.92 Å². The summed E-state index contributed by atoms with van der Waals surface area (Å²) in [6.07, 6.45) is -2.03. The number of pyridine rings is 1. The lowest BCUT2D eigenvalue weighted by molar-refractivity contribution is -0.142. The molecule has 1 heterocycles. The second-order valence-electron chi connectivity index (χ2n) is 3.07. The van der Waals surface area contributed by atoms with Crippen LogP contribution in [-0.4, -0.2) is 17.6 Å². The van der Waals surface area contributed by atoms with Gasteiger partial charge in [-0.1, -0.05) is 23.2 Å². The Kier molecular flexibility index (Phi) is 5.08. The molecular formula is C10H9Cl2F2NO2. The fourth-order valence-electron chi connectivity index (χ4n) is 1.19. The Hall–Kier alpha value is -0.940. The van der Waals surface area contributed by atoms with E-state index in [0.29, 0.717) is 0 Å². The molecule has 3 nitrogen and oxygen atoms in total. The van der Waals surface area contributed by atoms with Crippen molar-refractivity contribution in [3.05, 3.63) is 27.5 Å². The molecule has 0 N–H and O–H groups in total. The SMILES string of the molecule is CCOC(=O)Cc1c(Cl)cnc(C(F)F)c1Cl. The highest BCUT2D eigenvalue weighted by Crippen LogP contribution is 2.32. The summed E-state index contributed by atoms with van der Waals surface area (Å²) in [5, 5.41) is -0.229. The first-order valence-corrected chi connectivity index (χ1v) is 5.49. The van der Waals surface area contributed by atoms with E-state index in [2.05, 4.69) is 4.98 Å². The lowest BCUT2D eigenvalue weighted by atomic mass is 10.1. The minimum Gasteiger partial charge on any atom is -0.466 e. The zero-order valence-corrected chi connectivity index (χ0v) is 10.4. The molecule has 0 aliphatic rings. The van der Waals surface area contributed by atoms with Gasteiger partial charge in [0.15, 0.2) is 0 Å². The summed E-state index contributed by atoms with van der Waals surface area (Å²) in [4.78, 5) is 14.7. The molecule has 0 atom stereocenters. The van der Waals surface area contributed by atoms with E-state index in [-0.39, 0.29) is 28.6 Å². The van der Waals surface area contributed by atoms with Crippen LogP contribution in [-0.2, 0) is 16.0 Å². The van der Waals surface area contributed by atoms with Crippen LogP contribution in [0.25, 0.3) is 0 Å². The summed E-state index contributed by atoms with van der Waals surface area (Å²) in [6.45, 7) is 1.83. The standard InChI is InChI=1S/C10H9Cl2F2NO2/c1-2-17-7(16)3-5-6(11)4-15-9(8(5)12)10(13)14/h4,10H,2-3H2,1H3. The van der Waals surface area contributed by atoms with Crippen molar-refractivity contribution in [1.82, 2.24) is 4.98 Å². The molecular weight excluding hydrogens is 275 g/mol. The van der Waals surface area contributed by atoms with Gasteiger partial charge in [0.05, 0.1) is 23.1 Å². The highest BCUT2D eigenvalue weighted by molar-refractivity contribution is 6.36. The summed E-state index contributed by atoms with van der Waals surface area (Å²) < 4.78 is 29.7. The Morgan fingerprint density at radius 3 is 2.71 bits per heavy atom. The van der Waals surface area contributed by atoms with Gasteiger partial charge in [-0.2, -0.15) is 0 Å². The fraction of sp³-hybridized carbons (Fsp3) is 0.400. The maximum atomic E-state index is 12.5. The Bertz CT molecular complexity index is 427. The minimum absolute atomic E-state index is 0.0625. The molecule has 0 aliphatic carbocycles. The number of hydrogen-bond acceptors (Lipinski definition) is 3. The third-order valence-electron chi connectivity index (χ3n) is 1.93. The predicted molar refractivity (Wildman–Crippen MR) is 59.6 cm³/mol. The minimum atomic E-state index is -2.82. The number of ether oxygens (including phenoxy) is 1. The van der Waals surface area contributed by atoms with E-state index in [4.69, 9.17) is 27.9 Å². The molecule has 0 spiro atoms. The predicted octanol–water partition coefficient (Wildman–Crippen LogP) is 3.43. The van der Waals surface area contributed by atoms with Gasteiger partial charge in [-0.15, -0.1) is 0 Å². The highest BCUT2D eigenvalue weighted by Gasteiger charge is 2.20. The van der Waals surface area contributed by atoms with Crippen LogP contribution in [0, 0.1) is 0 Å². The van der Waals surface area contributed by atoms with Crippen molar-refractivity contribution in [3.8, 4) is 0 Å². The molecule has 94 valence electrons. The van der Waals surface area contributed by atoms with Crippen LogP contribution < -0.4 is 0 Å². The Labute approximate surface area is 107 Å². The van der Waals surface area contributed by atoms with Crippen molar-refractivity contribution in [3.63, 3.8) is 0 Å². The van der Waals surface area contributed by atoms with E-state index in [1.807, 2.05) is 0 Å². The van der Waals surface area contributed by atoms with Gasteiger partial charge in [-0.25, -0.2) is 8.78 Å². The van der Waals surface area contributed by atoms with Crippen molar-refractivity contribution in [2.24, 2.45) is 0 Å². The Morgan fingerprint density at radius 1 is 1.53 bits per heavy atom. The van der Waals surface area contributed by atoms with E-state index >= 15 is 0 Å². The first kappa shape index (κ1) is 14.1. The number of aromatic nitrogens is 1. The number of halogens is 4. The normalized spacial score (nSPS) is 10.7. The molecule has 0 aliphatic heterocycles. The second-order valence-corrected chi connectivity index (χ2v) is 3.85. The molecule has 7 heteroatoms.